The van der Waals surface area contributed by atoms with Gasteiger partial charge in [-0.05, 0) is 60.2 Å². The van der Waals surface area contributed by atoms with Crippen molar-refractivity contribution in [1.82, 2.24) is 9.97 Å². The third-order valence-corrected chi connectivity index (χ3v) is 5.19. The van der Waals surface area contributed by atoms with Crippen molar-refractivity contribution in [2.75, 3.05) is 10.6 Å². The highest BCUT2D eigenvalue weighted by Gasteiger charge is 2.32. The second-order valence-electron chi connectivity index (χ2n) is 7.93. The second-order valence-corrected chi connectivity index (χ2v) is 7.93. The Morgan fingerprint density at radius 2 is 1.45 bits per heavy atom. The first-order chi connectivity index (χ1) is 17.9. The third kappa shape index (κ3) is 6.33. The summed E-state index contributed by atoms with van der Waals surface area (Å²) in [5.41, 5.74) is -2.15. The fourth-order valence-corrected chi connectivity index (χ4v) is 3.38. The quantitative estimate of drug-likeness (QED) is 0.137. The van der Waals surface area contributed by atoms with Crippen molar-refractivity contribution in [2.24, 2.45) is 0 Å². The predicted molar refractivity (Wildman–Crippen MR) is 128 cm³/mol. The van der Waals surface area contributed by atoms with Gasteiger partial charge in [-0.2, -0.15) is 26.3 Å². The van der Waals surface area contributed by atoms with E-state index in [0.717, 1.165) is 30.5 Å². The topological polar surface area (TPSA) is 84.0 Å². The summed E-state index contributed by atoms with van der Waals surface area (Å²) in [7, 11) is 0. The van der Waals surface area contributed by atoms with Crippen molar-refractivity contribution in [1.29, 1.82) is 0 Å². The molecular weight excluding hydrogens is 514 g/mol. The highest BCUT2D eigenvalue weighted by molar-refractivity contribution is 6.29. The number of amides is 2. The van der Waals surface area contributed by atoms with Crippen LogP contribution in [0.4, 0.5) is 37.7 Å². The number of anilines is 2. The molecule has 0 radical (unpaired) electrons. The fourth-order valence-electron chi connectivity index (χ4n) is 3.38. The molecule has 0 saturated heterocycles. The first kappa shape index (κ1) is 26.3. The number of nitrogens with one attached hydrogen (secondary N) is 2. The Bertz CT molecular complexity index is 1530. The number of alkyl halides is 6. The number of rotatable bonds is 5. The van der Waals surface area contributed by atoms with Gasteiger partial charge in [0.05, 0.1) is 11.1 Å². The minimum atomic E-state index is -4.70. The van der Waals surface area contributed by atoms with Crippen molar-refractivity contribution in [2.45, 2.75) is 12.4 Å². The molecule has 12 heteroatoms. The summed E-state index contributed by atoms with van der Waals surface area (Å²) in [5.74, 6) is -2.05. The highest BCUT2D eigenvalue weighted by Crippen LogP contribution is 2.31. The monoisotopic (exact) mass is 530 g/mol. The molecule has 38 heavy (non-hydrogen) atoms. The zero-order valence-corrected chi connectivity index (χ0v) is 19.1. The molecule has 0 unspecified atom stereocenters. The second kappa shape index (κ2) is 10.3. The summed E-state index contributed by atoms with van der Waals surface area (Å²) >= 11 is 0. The molecule has 0 spiro atoms. The van der Waals surface area contributed by atoms with E-state index in [9.17, 15) is 35.9 Å². The highest BCUT2D eigenvalue weighted by atomic mass is 19.4. The van der Waals surface area contributed by atoms with E-state index >= 15 is 0 Å². The summed E-state index contributed by atoms with van der Waals surface area (Å²) < 4.78 is 77.8. The molecule has 0 aliphatic rings. The van der Waals surface area contributed by atoms with Crippen LogP contribution in [-0.2, 0) is 21.9 Å². The molecule has 4 rings (SSSR count). The van der Waals surface area contributed by atoms with Crippen LogP contribution in [0.2, 0.25) is 0 Å². The predicted octanol–water partition coefficient (Wildman–Crippen LogP) is 6.33. The van der Waals surface area contributed by atoms with Gasteiger partial charge in [0.25, 0.3) is 11.8 Å². The summed E-state index contributed by atoms with van der Waals surface area (Å²) in [5, 5.41) is 5.42. The zero-order valence-electron chi connectivity index (χ0n) is 19.1. The number of nitrogens with zero attached hydrogens (tertiary/aromatic N) is 2. The van der Waals surface area contributed by atoms with Gasteiger partial charge in [-0.25, -0.2) is 0 Å². The van der Waals surface area contributed by atoms with E-state index in [4.69, 9.17) is 0 Å². The molecule has 194 valence electrons. The normalized spacial score (nSPS) is 12.3. The molecule has 6 nitrogen and oxygen atoms in total. The van der Waals surface area contributed by atoms with E-state index in [0.29, 0.717) is 23.0 Å². The molecule has 2 heterocycles. The van der Waals surface area contributed by atoms with Crippen molar-refractivity contribution in [3.05, 3.63) is 102 Å². The van der Waals surface area contributed by atoms with E-state index in [2.05, 4.69) is 20.6 Å². The van der Waals surface area contributed by atoms with E-state index in [-0.39, 0.29) is 16.9 Å². The average Bonchev–Trinajstić information content (AvgIpc) is 2.86. The van der Waals surface area contributed by atoms with Gasteiger partial charge >= 0.3 is 12.4 Å². The number of pyridine rings is 2. The zero-order chi connectivity index (χ0) is 27.5. The number of hydrogen-bond acceptors (Lipinski definition) is 4. The molecule has 0 aliphatic carbocycles. The first-order valence-electron chi connectivity index (χ1n) is 10.8. The molecule has 2 N–H and O–H groups in total. The number of halogens is 6. The molecule has 0 aliphatic heterocycles. The Morgan fingerprint density at radius 1 is 0.737 bits per heavy atom. The van der Waals surface area contributed by atoms with Crippen LogP contribution < -0.4 is 10.6 Å². The Labute approximate surface area is 211 Å². The van der Waals surface area contributed by atoms with Gasteiger partial charge in [-0.15, -0.1) is 0 Å². The van der Waals surface area contributed by atoms with Crippen LogP contribution in [0.25, 0.3) is 17.0 Å². The number of benzene rings is 2. The lowest BCUT2D eigenvalue weighted by Gasteiger charge is -2.13. The molecule has 0 atom stereocenters. The van der Waals surface area contributed by atoms with Gasteiger partial charge in [0, 0.05) is 29.2 Å². The van der Waals surface area contributed by atoms with Crippen molar-refractivity contribution < 1.29 is 35.9 Å². The van der Waals surface area contributed by atoms with E-state index in [1.165, 1.54) is 12.1 Å². The van der Waals surface area contributed by atoms with Crippen molar-refractivity contribution >= 4 is 40.2 Å². The number of carbonyl (C=O) groups excluding carboxylic acids is 2. The lowest BCUT2D eigenvalue weighted by Crippen LogP contribution is -2.25. The smallest absolute Gasteiger partial charge is 0.322 e. The van der Waals surface area contributed by atoms with Crippen LogP contribution in [0, 0.1) is 0 Å². The van der Waals surface area contributed by atoms with E-state index in [1.54, 1.807) is 30.5 Å². The van der Waals surface area contributed by atoms with Crippen LogP contribution in [0.15, 0.2) is 84.7 Å². The Kier molecular flexibility index (Phi) is 7.15. The maximum absolute atomic E-state index is 13.1. The minimum Gasteiger partial charge on any atom is -0.322 e. The van der Waals surface area contributed by atoms with Gasteiger partial charge < -0.3 is 10.6 Å². The molecule has 2 aromatic carbocycles. The maximum Gasteiger partial charge on any atom is 0.433 e. The number of hydrogen-bond donors (Lipinski definition) is 2. The molecule has 2 amide bonds. The summed E-state index contributed by atoms with van der Waals surface area (Å²) in [6.45, 7) is 0. The molecule has 0 bridgehead atoms. The van der Waals surface area contributed by atoms with Crippen LogP contribution >= 0.6 is 0 Å². The largest absolute Gasteiger partial charge is 0.433 e. The Balaban J connectivity index is 1.66. The van der Waals surface area contributed by atoms with Crippen LogP contribution in [0.3, 0.4) is 0 Å². The Morgan fingerprint density at radius 3 is 2.08 bits per heavy atom. The summed E-state index contributed by atoms with van der Waals surface area (Å²) in [4.78, 5) is 33.6. The average molecular weight is 530 g/mol. The van der Waals surface area contributed by atoms with Gasteiger partial charge in [0.1, 0.15) is 11.3 Å². The summed E-state index contributed by atoms with van der Waals surface area (Å²) in [6.07, 6.45) is -6.00. The van der Waals surface area contributed by atoms with Gasteiger partial charge in [-0.3, -0.25) is 19.6 Å². The number of fused-ring (bicyclic) bond motifs is 1. The van der Waals surface area contributed by atoms with Gasteiger partial charge in [0.2, 0.25) is 0 Å². The number of carbonyl (C=O) groups is 2. The minimum absolute atomic E-state index is 0.0231. The molecule has 0 fully saturated rings. The first-order valence-corrected chi connectivity index (χ1v) is 10.8. The fraction of sp³-hybridized carbons (Fsp3) is 0.0769. The molecule has 2 aromatic heterocycles. The lowest BCUT2D eigenvalue weighted by atomic mass is 10.1. The van der Waals surface area contributed by atoms with E-state index < -0.39 is 41.0 Å². The number of aromatic nitrogens is 2. The summed E-state index contributed by atoms with van der Waals surface area (Å²) in [6, 6.07) is 13.6. The van der Waals surface area contributed by atoms with E-state index in [1.807, 2.05) is 0 Å². The maximum atomic E-state index is 13.1. The van der Waals surface area contributed by atoms with Crippen molar-refractivity contribution in [3.8, 4) is 0 Å². The molecule has 0 saturated carbocycles. The molecule has 4 aromatic rings. The van der Waals surface area contributed by atoms with Gasteiger partial charge in [0.15, 0.2) is 0 Å². The standard InChI is InChI=1S/C26H16F6N4O2/c27-25(28,29)17-4-1-5-18(13-17)35-23(37)20(11-15-6-9-22(34-14-15)26(30,31)32)24(38)36-19-7-8-21-16(12-19)3-2-10-33-21/h1-14H,(H,35,37)(H,36,38)/b20-11+. The van der Waals surface area contributed by atoms with Crippen LogP contribution in [0.1, 0.15) is 16.8 Å². The SMILES string of the molecule is O=C(Nc1cccc(C(F)(F)F)c1)/C(=C\c1ccc(C(F)(F)F)nc1)C(=O)Nc1ccc2ncccc2c1. The van der Waals surface area contributed by atoms with Crippen LogP contribution in [0.5, 0.6) is 0 Å². The van der Waals surface area contributed by atoms with Gasteiger partial charge in [-0.1, -0.05) is 18.2 Å². The van der Waals surface area contributed by atoms with Crippen LogP contribution in [-0.4, -0.2) is 21.8 Å². The lowest BCUT2D eigenvalue weighted by molar-refractivity contribution is -0.141. The molecular formula is C26H16F6N4O2. The third-order valence-electron chi connectivity index (χ3n) is 5.19. The Hall–Kier alpha value is -4.74. The van der Waals surface area contributed by atoms with Crippen molar-refractivity contribution in [3.63, 3.8) is 0 Å².